The molecule has 1 N–H and O–H groups in total. The molecule has 1 heterocycles. The number of benzene rings is 1. The van der Waals surface area contributed by atoms with Gasteiger partial charge in [0, 0.05) is 11.9 Å². The second kappa shape index (κ2) is 5.88. The van der Waals surface area contributed by atoms with Gasteiger partial charge in [0.25, 0.3) is 0 Å². The van der Waals surface area contributed by atoms with Gasteiger partial charge in [-0.2, -0.15) is 0 Å². The highest BCUT2D eigenvalue weighted by Gasteiger charge is 2.03. The molecule has 2 aromatic rings. The molecular weight excluding hydrogens is 254 g/mol. The third-order valence-corrected chi connectivity index (χ3v) is 3.76. The number of ether oxygens (including phenoxy) is 1. The first kappa shape index (κ1) is 12.2. The quantitative estimate of drug-likeness (QED) is 0.844. The van der Waals surface area contributed by atoms with E-state index in [9.17, 15) is 0 Å². The number of aromatic nitrogens is 2. The van der Waals surface area contributed by atoms with Crippen LogP contribution in [0, 0.1) is 0 Å². The van der Waals surface area contributed by atoms with Crippen LogP contribution in [0.15, 0.2) is 29.2 Å². The molecular formula is C11H13N3OS2. The minimum absolute atomic E-state index is 0.456. The van der Waals surface area contributed by atoms with E-state index in [2.05, 4.69) is 21.8 Å². The van der Waals surface area contributed by atoms with Crippen molar-refractivity contribution in [3.63, 3.8) is 0 Å². The Bertz CT molecular complexity index is 470. The molecule has 0 saturated heterocycles. The minimum Gasteiger partial charge on any atom is -0.486 e. The summed E-state index contributed by atoms with van der Waals surface area (Å²) in [7, 11) is 1.83. The molecule has 0 aliphatic carbocycles. The maximum Gasteiger partial charge on any atom is 0.205 e. The standard InChI is InChI=1S/C11H13N3OS2/c1-12-11-14-13-10(17-11)7-15-8-3-5-9(16-2)6-4-8/h3-6H,7H2,1-2H3,(H,12,14). The zero-order valence-electron chi connectivity index (χ0n) is 9.64. The zero-order valence-corrected chi connectivity index (χ0v) is 11.3. The molecule has 1 aromatic heterocycles. The number of hydrogen-bond acceptors (Lipinski definition) is 6. The summed E-state index contributed by atoms with van der Waals surface area (Å²) in [5, 5.41) is 12.6. The number of rotatable bonds is 5. The van der Waals surface area contributed by atoms with Crippen molar-refractivity contribution >= 4 is 28.2 Å². The van der Waals surface area contributed by atoms with Crippen molar-refractivity contribution in [2.75, 3.05) is 18.6 Å². The average Bonchev–Trinajstić information content (AvgIpc) is 2.85. The van der Waals surface area contributed by atoms with E-state index in [-0.39, 0.29) is 0 Å². The summed E-state index contributed by atoms with van der Waals surface area (Å²) in [5.41, 5.74) is 0. The number of anilines is 1. The molecule has 0 spiro atoms. The molecule has 0 bridgehead atoms. The fraction of sp³-hybridized carbons (Fsp3) is 0.273. The highest BCUT2D eigenvalue weighted by molar-refractivity contribution is 7.98. The molecule has 17 heavy (non-hydrogen) atoms. The zero-order chi connectivity index (χ0) is 12.1. The van der Waals surface area contributed by atoms with E-state index in [1.807, 2.05) is 31.3 Å². The average molecular weight is 267 g/mol. The minimum atomic E-state index is 0.456. The number of nitrogens with zero attached hydrogens (tertiary/aromatic N) is 2. The lowest BCUT2D eigenvalue weighted by atomic mass is 10.3. The third-order valence-electron chi connectivity index (χ3n) is 2.10. The fourth-order valence-corrected chi connectivity index (χ4v) is 2.24. The maximum atomic E-state index is 5.62. The van der Waals surface area contributed by atoms with Gasteiger partial charge in [0.2, 0.25) is 5.13 Å². The highest BCUT2D eigenvalue weighted by Crippen LogP contribution is 2.21. The van der Waals surface area contributed by atoms with E-state index in [1.54, 1.807) is 11.8 Å². The Balaban J connectivity index is 1.92. The van der Waals surface area contributed by atoms with Crippen LogP contribution in [0.4, 0.5) is 5.13 Å². The van der Waals surface area contributed by atoms with Crippen molar-refractivity contribution < 1.29 is 4.74 Å². The fourth-order valence-electron chi connectivity index (χ4n) is 1.23. The van der Waals surface area contributed by atoms with E-state index < -0.39 is 0 Å². The van der Waals surface area contributed by atoms with Crippen LogP contribution in [0.1, 0.15) is 5.01 Å². The van der Waals surface area contributed by atoms with Gasteiger partial charge in [-0.3, -0.25) is 0 Å². The molecule has 0 atom stereocenters. The summed E-state index contributed by atoms with van der Waals surface area (Å²) >= 11 is 3.21. The van der Waals surface area contributed by atoms with Gasteiger partial charge >= 0.3 is 0 Å². The molecule has 6 heteroatoms. The molecule has 0 fully saturated rings. The Kier molecular flexibility index (Phi) is 4.22. The molecule has 0 saturated carbocycles. The van der Waals surface area contributed by atoms with Gasteiger partial charge in [-0.05, 0) is 30.5 Å². The topological polar surface area (TPSA) is 47.0 Å². The van der Waals surface area contributed by atoms with Gasteiger partial charge in [0.15, 0.2) is 5.01 Å². The largest absolute Gasteiger partial charge is 0.486 e. The van der Waals surface area contributed by atoms with Gasteiger partial charge in [0.05, 0.1) is 0 Å². The van der Waals surface area contributed by atoms with Crippen LogP contribution < -0.4 is 10.1 Å². The molecule has 4 nitrogen and oxygen atoms in total. The summed E-state index contributed by atoms with van der Waals surface area (Å²) in [6, 6.07) is 8.01. The van der Waals surface area contributed by atoms with Crippen LogP contribution in [-0.2, 0) is 6.61 Å². The molecule has 0 unspecified atom stereocenters. The summed E-state index contributed by atoms with van der Waals surface area (Å²) < 4.78 is 5.62. The van der Waals surface area contributed by atoms with Crippen molar-refractivity contribution in [1.29, 1.82) is 0 Å². The van der Waals surface area contributed by atoms with Crippen molar-refractivity contribution in [3.8, 4) is 5.75 Å². The first-order valence-electron chi connectivity index (χ1n) is 5.09. The first-order chi connectivity index (χ1) is 8.31. The van der Waals surface area contributed by atoms with E-state index in [4.69, 9.17) is 4.74 Å². The Labute approximate surface area is 108 Å². The Morgan fingerprint density at radius 1 is 1.29 bits per heavy atom. The molecule has 90 valence electrons. The monoisotopic (exact) mass is 267 g/mol. The molecule has 0 aliphatic rings. The van der Waals surface area contributed by atoms with E-state index >= 15 is 0 Å². The summed E-state index contributed by atoms with van der Waals surface area (Å²) in [6.45, 7) is 0.456. The van der Waals surface area contributed by atoms with E-state index in [1.165, 1.54) is 16.2 Å². The normalized spacial score (nSPS) is 10.2. The number of thioether (sulfide) groups is 1. The molecule has 1 aromatic carbocycles. The maximum absolute atomic E-state index is 5.62. The SMILES string of the molecule is CNc1nnc(COc2ccc(SC)cc2)s1. The van der Waals surface area contributed by atoms with Gasteiger partial charge in [-0.15, -0.1) is 22.0 Å². The van der Waals surface area contributed by atoms with Gasteiger partial charge < -0.3 is 10.1 Å². The van der Waals surface area contributed by atoms with Crippen LogP contribution >= 0.6 is 23.1 Å². The summed E-state index contributed by atoms with van der Waals surface area (Å²) in [5.74, 6) is 0.851. The van der Waals surface area contributed by atoms with E-state index in [0.717, 1.165) is 15.9 Å². The first-order valence-corrected chi connectivity index (χ1v) is 7.13. The van der Waals surface area contributed by atoms with Crippen LogP contribution in [-0.4, -0.2) is 23.5 Å². The molecule has 0 radical (unpaired) electrons. The summed E-state index contributed by atoms with van der Waals surface area (Å²) in [6.07, 6.45) is 2.05. The summed E-state index contributed by atoms with van der Waals surface area (Å²) in [4.78, 5) is 1.23. The van der Waals surface area contributed by atoms with Gasteiger partial charge in [-0.1, -0.05) is 11.3 Å². The van der Waals surface area contributed by atoms with Gasteiger partial charge in [0.1, 0.15) is 12.4 Å². The van der Waals surface area contributed by atoms with E-state index in [0.29, 0.717) is 6.61 Å². The number of nitrogens with one attached hydrogen (secondary N) is 1. The van der Waals surface area contributed by atoms with Gasteiger partial charge in [-0.25, -0.2) is 0 Å². The molecule has 0 amide bonds. The smallest absolute Gasteiger partial charge is 0.205 e. The van der Waals surface area contributed by atoms with Crippen molar-refractivity contribution in [2.45, 2.75) is 11.5 Å². The Morgan fingerprint density at radius 2 is 2.06 bits per heavy atom. The second-order valence-electron chi connectivity index (χ2n) is 3.22. The molecule has 0 aliphatic heterocycles. The molecule has 2 rings (SSSR count). The van der Waals surface area contributed by atoms with Crippen LogP contribution in [0.3, 0.4) is 0 Å². The van der Waals surface area contributed by atoms with Crippen LogP contribution in [0.2, 0.25) is 0 Å². The van der Waals surface area contributed by atoms with Crippen molar-refractivity contribution in [2.24, 2.45) is 0 Å². The predicted octanol–water partition coefficient (Wildman–Crippen LogP) is 2.88. The van der Waals surface area contributed by atoms with Crippen molar-refractivity contribution in [3.05, 3.63) is 29.3 Å². The lowest BCUT2D eigenvalue weighted by Crippen LogP contribution is -1.94. The van der Waals surface area contributed by atoms with Crippen molar-refractivity contribution in [1.82, 2.24) is 10.2 Å². The Hall–Kier alpha value is -1.27. The van der Waals surface area contributed by atoms with Crippen LogP contribution in [0.5, 0.6) is 5.75 Å². The lowest BCUT2D eigenvalue weighted by molar-refractivity contribution is 0.304. The third kappa shape index (κ3) is 3.34. The second-order valence-corrected chi connectivity index (χ2v) is 5.16. The Morgan fingerprint density at radius 3 is 2.65 bits per heavy atom. The van der Waals surface area contributed by atoms with Crippen LogP contribution in [0.25, 0.3) is 0 Å². The number of hydrogen-bond donors (Lipinski definition) is 1. The lowest BCUT2D eigenvalue weighted by Gasteiger charge is -2.03. The predicted molar refractivity (Wildman–Crippen MR) is 72.0 cm³/mol. The highest BCUT2D eigenvalue weighted by atomic mass is 32.2.